The van der Waals surface area contributed by atoms with Crippen LogP contribution in [0.2, 0.25) is 0 Å². The average molecular weight is 441 g/mol. The van der Waals surface area contributed by atoms with E-state index in [4.69, 9.17) is 4.74 Å². The Morgan fingerprint density at radius 1 is 1.46 bits per heavy atom. The Labute approximate surface area is 164 Å². The van der Waals surface area contributed by atoms with Crippen molar-refractivity contribution in [3.05, 3.63) is 34.8 Å². The minimum Gasteiger partial charge on any atom is -0.483 e. The number of aromatic nitrogens is 2. The molecule has 3 rings (SSSR count). The second-order valence-electron chi connectivity index (χ2n) is 6.02. The quantitative estimate of drug-likeness (QED) is 0.668. The van der Waals surface area contributed by atoms with E-state index >= 15 is 0 Å². The van der Waals surface area contributed by atoms with E-state index in [0.717, 1.165) is 17.5 Å². The predicted molar refractivity (Wildman–Crippen MR) is 104 cm³/mol. The SMILES string of the molecule is CCc1cccc(OC(CCBr)c2nnc(N3C(=O)N(C)CC3O)s2)c1. The third-order valence-electron chi connectivity index (χ3n) is 4.14. The lowest BCUT2D eigenvalue weighted by Crippen LogP contribution is -2.34. The number of halogens is 1. The fraction of sp³-hybridized carbons (Fsp3) is 0.471. The lowest BCUT2D eigenvalue weighted by Gasteiger charge is -2.17. The van der Waals surface area contributed by atoms with Gasteiger partial charge in [-0.3, -0.25) is 0 Å². The molecule has 26 heavy (non-hydrogen) atoms. The van der Waals surface area contributed by atoms with Gasteiger partial charge in [0.05, 0.1) is 6.54 Å². The van der Waals surface area contributed by atoms with Crippen LogP contribution in [0.4, 0.5) is 9.93 Å². The summed E-state index contributed by atoms with van der Waals surface area (Å²) in [7, 11) is 1.64. The number of aliphatic hydroxyl groups is 1. The molecule has 9 heteroatoms. The molecule has 0 spiro atoms. The molecular weight excluding hydrogens is 420 g/mol. The highest BCUT2D eigenvalue weighted by molar-refractivity contribution is 9.09. The Balaban J connectivity index is 1.80. The maximum absolute atomic E-state index is 12.2. The van der Waals surface area contributed by atoms with E-state index in [-0.39, 0.29) is 18.7 Å². The molecule has 2 heterocycles. The number of carbonyl (C=O) groups excluding carboxylic acids is 1. The standard InChI is InChI=1S/C17H21BrN4O3S/c1-3-11-5-4-6-12(9-11)25-13(7-8-18)15-19-20-16(26-15)22-14(23)10-21(2)17(22)24/h4-6,9,13-14,23H,3,7-8,10H2,1-2H3. The normalized spacial score (nSPS) is 18.5. The monoisotopic (exact) mass is 440 g/mol. The molecule has 0 radical (unpaired) electrons. The molecule has 7 nitrogen and oxygen atoms in total. The summed E-state index contributed by atoms with van der Waals surface area (Å²) in [6.07, 6.45) is 0.457. The second-order valence-corrected chi connectivity index (χ2v) is 7.80. The lowest BCUT2D eigenvalue weighted by molar-refractivity contribution is 0.183. The van der Waals surface area contributed by atoms with Crippen molar-refractivity contribution in [1.82, 2.24) is 15.1 Å². The van der Waals surface area contributed by atoms with Crippen LogP contribution in [0.5, 0.6) is 5.75 Å². The summed E-state index contributed by atoms with van der Waals surface area (Å²) in [6.45, 7) is 2.35. The van der Waals surface area contributed by atoms with Crippen LogP contribution in [-0.4, -0.2) is 51.4 Å². The minimum absolute atomic E-state index is 0.249. The van der Waals surface area contributed by atoms with Crippen LogP contribution in [0, 0.1) is 0 Å². The fourth-order valence-electron chi connectivity index (χ4n) is 2.71. The van der Waals surface area contributed by atoms with Gasteiger partial charge in [0.1, 0.15) is 5.75 Å². The predicted octanol–water partition coefficient (Wildman–Crippen LogP) is 3.20. The van der Waals surface area contributed by atoms with Crippen LogP contribution < -0.4 is 9.64 Å². The van der Waals surface area contributed by atoms with Crippen molar-refractivity contribution in [1.29, 1.82) is 0 Å². The van der Waals surface area contributed by atoms with Crippen LogP contribution in [0.1, 0.15) is 30.0 Å². The molecule has 2 amide bonds. The summed E-state index contributed by atoms with van der Waals surface area (Å²) < 4.78 is 6.14. The molecule has 1 aromatic carbocycles. The van der Waals surface area contributed by atoms with Gasteiger partial charge in [-0.05, 0) is 24.1 Å². The molecule has 0 aliphatic carbocycles. The van der Waals surface area contributed by atoms with Gasteiger partial charge in [0.15, 0.2) is 17.3 Å². The number of aliphatic hydroxyl groups excluding tert-OH is 1. The van der Waals surface area contributed by atoms with Gasteiger partial charge >= 0.3 is 6.03 Å². The number of β-amino-alcohol motifs (C(OH)–C–C–N with tert-alkyl or cyclic N) is 1. The van der Waals surface area contributed by atoms with Gasteiger partial charge in [-0.25, -0.2) is 9.69 Å². The summed E-state index contributed by atoms with van der Waals surface area (Å²) in [4.78, 5) is 14.9. The first-order chi connectivity index (χ1) is 12.5. The van der Waals surface area contributed by atoms with Crippen molar-refractivity contribution in [3.63, 3.8) is 0 Å². The zero-order valence-electron chi connectivity index (χ0n) is 14.6. The first-order valence-electron chi connectivity index (χ1n) is 8.40. The zero-order valence-corrected chi connectivity index (χ0v) is 17.0. The number of anilines is 1. The average Bonchev–Trinajstić information content (AvgIpc) is 3.19. The van der Waals surface area contributed by atoms with Crippen LogP contribution >= 0.6 is 27.3 Å². The van der Waals surface area contributed by atoms with Gasteiger partial charge in [-0.15, -0.1) is 10.2 Å². The molecule has 1 aromatic heterocycles. The highest BCUT2D eigenvalue weighted by Crippen LogP contribution is 2.33. The maximum atomic E-state index is 12.2. The Kier molecular flexibility index (Phi) is 6.10. The number of rotatable bonds is 7. The largest absolute Gasteiger partial charge is 0.483 e. The molecule has 1 aliphatic rings. The van der Waals surface area contributed by atoms with Crippen molar-refractivity contribution in [2.24, 2.45) is 0 Å². The van der Waals surface area contributed by atoms with Gasteiger partial charge in [0.25, 0.3) is 0 Å². The molecular formula is C17H21BrN4O3S. The Morgan fingerprint density at radius 2 is 2.27 bits per heavy atom. The van der Waals surface area contributed by atoms with E-state index in [1.54, 1.807) is 7.05 Å². The van der Waals surface area contributed by atoms with Gasteiger partial charge in [0.2, 0.25) is 5.13 Å². The van der Waals surface area contributed by atoms with E-state index in [2.05, 4.69) is 39.1 Å². The summed E-state index contributed by atoms with van der Waals surface area (Å²) in [5.41, 5.74) is 1.20. The second kappa shape index (κ2) is 8.32. The number of carbonyl (C=O) groups is 1. The third-order valence-corrected chi connectivity index (χ3v) is 5.61. The Bertz CT molecular complexity index is 772. The van der Waals surface area contributed by atoms with Crippen LogP contribution in [0.25, 0.3) is 0 Å². The summed E-state index contributed by atoms with van der Waals surface area (Å²) in [5.74, 6) is 0.782. The van der Waals surface area contributed by atoms with Crippen molar-refractivity contribution in [2.45, 2.75) is 32.1 Å². The smallest absolute Gasteiger partial charge is 0.328 e. The first-order valence-corrected chi connectivity index (χ1v) is 10.3. The van der Waals surface area contributed by atoms with Crippen molar-refractivity contribution >= 4 is 38.4 Å². The maximum Gasteiger partial charge on any atom is 0.328 e. The zero-order chi connectivity index (χ0) is 18.7. The number of ether oxygens (including phenoxy) is 1. The van der Waals surface area contributed by atoms with E-state index in [1.807, 2.05) is 18.2 Å². The highest BCUT2D eigenvalue weighted by atomic mass is 79.9. The van der Waals surface area contributed by atoms with E-state index in [1.165, 1.54) is 26.7 Å². The van der Waals surface area contributed by atoms with Crippen LogP contribution in [0.3, 0.4) is 0 Å². The first kappa shape index (κ1) is 19.1. The molecule has 0 saturated carbocycles. The van der Waals surface area contributed by atoms with Gasteiger partial charge < -0.3 is 14.7 Å². The molecule has 1 aliphatic heterocycles. The van der Waals surface area contributed by atoms with Crippen molar-refractivity contribution in [3.8, 4) is 5.75 Å². The lowest BCUT2D eigenvalue weighted by atomic mass is 10.1. The van der Waals surface area contributed by atoms with E-state index in [0.29, 0.717) is 16.6 Å². The van der Waals surface area contributed by atoms with Crippen molar-refractivity contribution < 1.29 is 14.6 Å². The number of hydrogen-bond donors (Lipinski definition) is 1. The number of likely N-dealkylation sites (N-methyl/N-ethyl adjacent to an activating group) is 1. The van der Waals surface area contributed by atoms with E-state index < -0.39 is 6.23 Å². The molecule has 1 saturated heterocycles. The van der Waals surface area contributed by atoms with Gasteiger partial charge in [-0.1, -0.05) is 46.3 Å². The molecule has 2 aromatic rings. The molecule has 140 valence electrons. The van der Waals surface area contributed by atoms with E-state index in [9.17, 15) is 9.90 Å². The van der Waals surface area contributed by atoms with Gasteiger partial charge in [-0.2, -0.15) is 0 Å². The number of amides is 2. The third kappa shape index (κ3) is 3.99. The highest BCUT2D eigenvalue weighted by Gasteiger charge is 2.37. The van der Waals surface area contributed by atoms with Crippen LogP contribution in [-0.2, 0) is 6.42 Å². The number of urea groups is 1. The summed E-state index contributed by atoms with van der Waals surface area (Å²) in [5, 5.41) is 20.2. The molecule has 1 N–H and O–H groups in total. The summed E-state index contributed by atoms with van der Waals surface area (Å²) >= 11 is 4.72. The molecule has 0 bridgehead atoms. The number of alkyl halides is 1. The number of hydrogen-bond acceptors (Lipinski definition) is 6. The Morgan fingerprint density at radius 3 is 2.92 bits per heavy atom. The number of nitrogens with zero attached hydrogens (tertiary/aromatic N) is 4. The summed E-state index contributed by atoms with van der Waals surface area (Å²) in [6, 6.07) is 7.69. The topological polar surface area (TPSA) is 78.8 Å². The fourth-order valence-corrected chi connectivity index (χ4v) is 4.08. The molecule has 2 atom stereocenters. The number of aryl methyl sites for hydroxylation is 1. The van der Waals surface area contributed by atoms with Crippen molar-refractivity contribution in [2.75, 3.05) is 23.8 Å². The Hall–Kier alpha value is -1.71. The molecule has 2 unspecified atom stereocenters. The molecule has 1 fully saturated rings. The van der Waals surface area contributed by atoms with Crippen LogP contribution in [0.15, 0.2) is 24.3 Å². The number of benzene rings is 1. The minimum atomic E-state index is -0.912. The van der Waals surface area contributed by atoms with Gasteiger partial charge in [0, 0.05) is 18.8 Å².